The zero-order chi connectivity index (χ0) is 13.3. The van der Waals surface area contributed by atoms with Crippen molar-refractivity contribution in [1.29, 1.82) is 0 Å². The molecular weight excluding hydrogens is 238 g/mol. The molecule has 1 amide bonds. The van der Waals surface area contributed by atoms with Crippen LogP contribution in [0.1, 0.15) is 6.92 Å². The lowest BCUT2D eigenvalue weighted by Crippen LogP contribution is -2.39. The van der Waals surface area contributed by atoms with Gasteiger partial charge >= 0.3 is 12.1 Å². The number of carboxylic acids is 1. The SMILES string of the molecule is COc1ccc(N2CC(C)(C(=O)O)OC2=O)cc1. The molecule has 1 aromatic carbocycles. The fourth-order valence-electron chi connectivity index (χ4n) is 1.72. The van der Waals surface area contributed by atoms with Crippen molar-refractivity contribution in [2.75, 3.05) is 18.6 Å². The summed E-state index contributed by atoms with van der Waals surface area (Å²) >= 11 is 0. The van der Waals surface area contributed by atoms with Gasteiger partial charge in [-0.25, -0.2) is 9.59 Å². The summed E-state index contributed by atoms with van der Waals surface area (Å²) in [6.45, 7) is 1.35. The van der Waals surface area contributed by atoms with E-state index < -0.39 is 17.7 Å². The largest absolute Gasteiger partial charge is 0.497 e. The average molecular weight is 251 g/mol. The maximum Gasteiger partial charge on any atom is 0.415 e. The molecule has 0 spiro atoms. The summed E-state index contributed by atoms with van der Waals surface area (Å²) in [5.74, 6) is -0.501. The van der Waals surface area contributed by atoms with E-state index in [9.17, 15) is 9.59 Å². The van der Waals surface area contributed by atoms with Crippen LogP contribution in [0.25, 0.3) is 0 Å². The molecule has 0 bridgehead atoms. The number of aliphatic carboxylic acids is 1. The molecule has 1 saturated heterocycles. The minimum absolute atomic E-state index is 0.0203. The van der Waals surface area contributed by atoms with Gasteiger partial charge in [0.1, 0.15) is 5.75 Å². The Labute approximate surface area is 104 Å². The van der Waals surface area contributed by atoms with Gasteiger partial charge in [0.25, 0.3) is 0 Å². The van der Waals surface area contributed by atoms with Crippen LogP contribution >= 0.6 is 0 Å². The first-order valence-corrected chi connectivity index (χ1v) is 5.34. The van der Waals surface area contributed by atoms with Crippen molar-refractivity contribution in [2.45, 2.75) is 12.5 Å². The molecule has 96 valence electrons. The standard InChI is InChI=1S/C12H13NO5/c1-12(10(14)15)7-13(11(16)18-12)8-3-5-9(17-2)6-4-8/h3-6H,7H2,1-2H3,(H,14,15). The van der Waals surface area contributed by atoms with Crippen LogP contribution in [-0.4, -0.2) is 36.4 Å². The Balaban J connectivity index is 2.24. The lowest BCUT2D eigenvalue weighted by atomic mass is 10.1. The van der Waals surface area contributed by atoms with Crippen molar-refractivity contribution in [2.24, 2.45) is 0 Å². The van der Waals surface area contributed by atoms with E-state index in [2.05, 4.69) is 0 Å². The van der Waals surface area contributed by atoms with Crippen LogP contribution < -0.4 is 9.64 Å². The molecule has 0 saturated carbocycles. The molecule has 0 aromatic heterocycles. The summed E-state index contributed by atoms with van der Waals surface area (Å²) in [5, 5.41) is 9.01. The molecule has 6 heteroatoms. The van der Waals surface area contributed by atoms with Crippen molar-refractivity contribution < 1.29 is 24.2 Å². The van der Waals surface area contributed by atoms with E-state index in [1.54, 1.807) is 31.4 Å². The lowest BCUT2D eigenvalue weighted by molar-refractivity contribution is -0.152. The fourth-order valence-corrected chi connectivity index (χ4v) is 1.72. The summed E-state index contributed by atoms with van der Waals surface area (Å²) in [6, 6.07) is 6.74. The van der Waals surface area contributed by atoms with Crippen LogP contribution in [0, 0.1) is 0 Å². The first kappa shape index (κ1) is 12.2. The number of carbonyl (C=O) groups excluding carboxylic acids is 1. The minimum Gasteiger partial charge on any atom is -0.497 e. The summed E-state index contributed by atoms with van der Waals surface area (Å²) in [4.78, 5) is 24.0. The Bertz CT molecular complexity index is 484. The number of benzene rings is 1. The normalized spacial score (nSPS) is 22.8. The first-order valence-electron chi connectivity index (χ1n) is 5.34. The van der Waals surface area contributed by atoms with E-state index in [1.165, 1.54) is 11.8 Å². The van der Waals surface area contributed by atoms with Crippen molar-refractivity contribution in [3.63, 3.8) is 0 Å². The highest BCUT2D eigenvalue weighted by molar-refractivity contribution is 5.95. The lowest BCUT2D eigenvalue weighted by Gasteiger charge is -2.16. The van der Waals surface area contributed by atoms with Crippen LogP contribution in [0.3, 0.4) is 0 Å². The van der Waals surface area contributed by atoms with Gasteiger partial charge < -0.3 is 14.6 Å². The van der Waals surface area contributed by atoms with Crippen molar-refractivity contribution in [3.8, 4) is 5.75 Å². The number of anilines is 1. The van der Waals surface area contributed by atoms with Gasteiger partial charge in [-0.3, -0.25) is 4.90 Å². The summed E-state index contributed by atoms with van der Waals surface area (Å²) in [7, 11) is 1.54. The highest BCUT2D eigenvalue weighted by Crippen LogP contribution is 2.29. The molecule has 6 nitrogen and oxygen atoms in total. The number of rotatable bonds is 3. The molecule has 2 rings (SSSR count). The number of amides is 1. The van der Waals surface area contributed by atoms with Gasteiger partial charge in [-0.15, -0.1) is 0 Å². The molecule has 1 fully saturated rings. The number of nitrogens with zero attached hydrogens (tertiary/aromatic N) is 1. The van der Waals surface area contributed by atoms with Gasteiger partial charge in [0.2, 0.25) is 5.60 Å². The molecule has 1 aliphatic rings. The Morgan fingerprint density at radius 3 is 2.50 bits per heavy atom. The highest BCUT2D eigenvalue weighted by atomic mass is 16.6. The third kappa shape index (κ3) is 1.97. The predicted octanol–water partition coefficient (Wildman–Crippen LogP) is 1.50. The third-order valence-corrected chi connectivity index (χ3v) is 2.83. The number of hydrogen-bond acceptors (Lipinski definition) is 4. The van der Waals surface area contributed by atoms with Gasteiger partial charge in [-0.05, 0) is 31.2 Å². The molecule has 1 heterocycles. The predicted molar refractivity (Wildman–Crippen MR) is 62.9 cm³/mol. The van der Waals surface area contributed by atoms with Gasteiger partial charge in [0.15, 0.2) is 0 Å². The van der Waals surface area contributed by atoms with Crippen molar-refractivity contribution in [3.05, 3.63) is 24.3 Å². The monoisotopic (exact) mass is 251 g/mol. The minimum atomic E-state index is -1.50. The highest BCUT2D eigenvalue weighted by Gasteiger charge is 2.48. The molecule has 1 aromatic rings. The number of carboxylic acid groups (broad SMARTS) is 1. The van der Waals surface area contributed by atoms with Crippen LogP contribution in [-0.2, 0) is 9.53 Å². The third-order valence-electron chi connectivity index (χ3n) is 2.83. The van der Waals surface area contributed by atoms with Crippen LogP contribution in [0.4, 0.5) is 10.5 Å². The zero-order valence-electron chi connectivity index (χ0n) is 10.0. The van der Waals surface area contributed by atoms with E-state index in [0.29, 0.717) is 11.4 Å². The van der Waals surface area contributed by atoms with E-state index >= 15 is 0 Å². The summed E-state index contributed by atoms with van der Waals surface area (Å²) < 4.78 is 9.90. The Morgan fingerprint density at radius 1 is 1.44 bits per heavy atom. The molecular formula is C12H13NO5. The van der Waals surface area contributed by atoms with Crippen molar-refractivity contribution in [1.82, 2.24) is 0 Å². The Morgan fingerprint density at radius 2 is 2.06 bits per heavy atom. The second-order valence-corrected chi connectivity index (χ2v) is 4.19. The first-order chi connectivity index (χ1) is 8.46. The molecule has 0 radical (unpaired) electrons. The number of ether oxygens (including phenoxy) is 2. The molecule has 18 heavy (non-hydrogen) atoms. The van der Waals surface area contributed by atoms with Crippen LogP contribution in [0.2, 0.25) is 0 Å². The molecule has 1 N–H and O–H groups in total. The van der Waals surface area contributed by atoms with Crippen LogP contribution in [0.5, 0.6) is 5.75 Å². The van der Waals surface area contributed by atoms with E-state index in [4.69, 9.17) is 14.6 Å². The number of carbonyl (C=O) groups is 2. The number of hydrogen-bond donors (Lipinski definition) is 1. The average Bonchev–Trinajstić information content (AvgIpc) is 2.66. The van der Waals surface area contributed by atoms with Gasteiger partial charge in [0.05, 0.1) is 13.7 Å². The fraction of sp³-hybridized carbons (Fsp3) is 0.333. The Kier molecular flexibility index (Phi) is 2.86. The van der Waals surface area contributed by atoms with Crippen LogP contribution in [0.15, 0.2) is 24.3 Å². The van der Waals surface area contributed by atoms with E-state index in [1.807, 2.05) is 0 Å². The summed E-state index contributed by atoms with van der Waals surface area (Å²) in [5.41, 5.74) is -0.928. The molecule has 1 atom stereocenters. The van der Waals surface area contributed by atoms with Gasteiger partial charge in [0, 0.05) is 5.69 Å². The second-order valence-electron chi connectivity index (χ2n) is 4.19. The molecule has 1 unspecified atom stereocenters. The smallest absolute Gasteiger partial charge is 0.415 e. The van der Waals surface area contributed by atoms with Gasteiger partial charge in [-0.1, -0.05) is 0 Å². The second kappa shape index (κ2) is 4.21. The number of methoxy groups -OCH3 is 1. The van der Waals surface area contributed by atoms with E-state index in [-0.39, 0.29) is 6.54 Å². The van der Waals surface area contributed by atoms with E-state index in [0.717, 1.165) is 0 Å². The maximum atomic E-state index is 11.7. The number of cyclic esters (lactones) is 1. The van der Waals surface area contributed by atoms with Gasteiger partial charge in [-0.2, -0.15) is 0 Å². The zero-order valence-corrected chi connectivity index (χ0v) is 10.0. The molecule has 1 aliphatic heterocycles. The van der Waals surface area contributed by atoms with Crippen molar-refractivity contribution >= 4 is 17.7 Å². The Hall–Kier alpha value is -2.24. The quantitative estimate of drug-likeness (QED) is 0.880. The topological polar surface area (TPSA) is 76.1 Å². The molecule has 0 aliphatic carbocycles. The summed E-state index contributed by atoms with van der Waals surface area (Å²) in [6.07, 6.45) is -0.662. The maximum absolute atomic E-state index is 11.7.